The molecule has 0 saturated carbocycles. The molecule has 1 aromatic rings. The molecule has 0 radical (unpaired) electrons. The summed E-state index contributed by atoms with van der Waals surface area (Å²) in [6.07, 6.45) is 1.52. The minimum Gasteiger partial charge on any atom is -0.493 e. The van der Waals surface area contributed by atoms with Crippen molar-refractivity contribution in [2.45, 2.75) is 6.92 Å². The zero-order valence-electron chi connectivity index (χ0n) is 9.78. The highest BCUT2D eigenvalue weighted by molar-refractivity contribution is 9.10. The summed E-state index contributed by atoms with van der Waals surface area (Å²) in [5.74, 6) is 0.983. The summed E-state index contributed by atoms with van der Waals surface area (Å²) in [5.41, 5.74) is 3.10. The van der Waals surface area contributed by atoms with Crippen molar-refractivity contribution in [3.8, 4) is 11.5 Å². The van der Waals surface area contributed by atoms with Crippen molar-refractivity contribution in [3.63, 3.8) is 0 Å². The molecule has 0 aliphatic rings. The van der Waals surface area contributed by atoms with E-state index in [1.807, 2.05) is 6.07 Å². The standard InChI is InChI=1S/C11H13BrN2O3/c1-7(15)14-13-6-8-4-9(12)11(17-3)10(5-8)16-2/h4-6H,1-3H3,(H,14,15)/b13-6-. The van der Waals surface area contributed by atoms with E-state index in [1.165, 1.54) is 13.1 Å². The Hall–Kier alpha value is -1.56. The average Bonchev–Trinajstić information content (AvgIpc) is 2.27. The van der Waals surface area contributed by atoms with Gasteiger partial charge >= 0.3 is 0 Å². The summed E-state index contributed by atoms with van der Waals surface area (Å²) in [7, 11) is 3.12. The van der Waals surface area contributed by atoms with E-state index in [0.29, 0.717) is 11.5 Å². The zero-order chi connectivity index (χ0) is 12.8. The van der Waals surface area contributed by atoms with Gasteiger partial charge in [0, 0.05) is 6.92 Å². The van der Waals surface area contributed by atoms with Crippen LogP contribution in [0.2, 0.25) is 0 Å². The normalized spacial score (nSPS) is 10.4. The third-order valence-electron chi connectivity index (χ3n) is 1.89. The number of nitrogens with zero attached hydrogens (tertiary/aromatic N) is 1. The second-order valence-corrected chi connectivity index (χ2v) is 4.02. The Bertz CT molecular complexity index is 447. The Labute approximate surface area is 108 Å². The van der Waals surface area contributed by atoms with Crippen molar-refractivity contribution in [2.24, 2.45) is 5.10 Å². The van der Waals surface area contributed by atoms with Crippen LogP contribution in [0, 0.1) is 0 Å². The quantitative estimate of drug-likeness (QED) is 0.683. The zero-order valence-corrected chi connectivity index (χ0v) is 11.4. The lowest BCUT2D eigenvalue weighted by Gasteiger charge is -2.10. The number of hydrogen-bond acceptors (Lipinski definition) is 4. The molecular weight excluding hydrogens is 288 g/mol. The van der Waals surface area contributed by atoms with E-state index in [9.17, 15) is 4.79 Å². The molecule has 17 heavy (non-hydrogen) atoms. The number of hydrazone groups is 1. The fourth-order valence-corrected chi connectivity index (χ4v) is 1.83. The van der Waals surface area contributed by atoms with Crippen molar-refractivity contribution < 1.29 is 14.3 Å². The molecule has 1 N–H and O–H groups in total. The van der Waals surface area contributed by atoms with Gasteiger partial charge in [-0.15, -0.1) is 0 Å². The molecule has 1 aromatic carbocycles. The van der Waals surface area contributed by atoms with E-state index < -0.39 is 0 Å². The monoisotopic (exact) mass is 300 g/mol. The number of halogens is 1. The first-order chi connectivity index (χ1) is 8.08. The molecule has 0 atom stereocenters. The molecule has 0 aromatic heterocycles. The second-order valence-electron chi connectivity index (χ2n) is 3.16. The molecule has 0 saturated heterocycles. The molecule has 0 fully saturated rings. The van der Waals surface area contributed by atoms with Crippen LogP contribution in [-0.2, 0) is 4.79 Å². The Morgan fingerprint density at radius 2 is 2.12 bits per heavy atom. The Morgan fingerprint density at radius 3 is 2.65 bits per heavy atom. The Balaban J connectivity index is 2.99. The maximum atomic E-state index is 10.6. The maximum Gasteiger partial charge on any atom is 0.236 e. The Morgan fingerprint density at radius 1 is 1.41 bits per heavy atom. The largest absolute Gasteiger partial charge is 0.493 e. The average molecular weight is 301 g/mol. The van der Waals surface area contributed by atoms with E-state index in [4.69, 9.17) is 9.47 Å². The first-order valence-corrected chi connectivity index (χ1v) is 5.59. The number of amides is 1. The van der Waals surface area contributed by atoms with Crippen LogP contribution in [0.5, 0.6) is 11.5 Å². The summed E-state index contributed by atoms with van der Waals surface area (Å²) >= 11 is 3.37. The molecule has 0 unspecified atom stereocenters. The third kappa shape index (κ3) is 3.74. The fourth-order valence-electron chi connectivity index (χ4n) is 1.21. The molecule has 1 rings (SSSR count). The number of benzene rings is 1. The van der Waals surface area contributed by atoms with Crippen molar-refractivity contribution in [1.82, 2.24) is 5.43 Å². The number of ether oxygens (including phenoxy) is 2. The van der Waals surface area contributed by atoms with Gasteiger partial charge in [0.2, 0.25) is 5.91 Å². The summed E-state index contributed by atoms with van der Waals surface area (Å²) < 4.78 is 11.1. The van der Waals surface area contributed by atoms with Crippen LogP contribution >= 0.6 is 15.9 Å². The molecule has 1 amide bonds. The summed E-state index contributed by atoms with van der Waals surface area (Å²) in [5, 5.41) is 3.77. The van der Waals surface area contributed by atoms with E-state index in [1.54, 1.807) is 20.3 Å². The van der Waals surface area contributed by atoms with Crippen LogP contribution in [0.3, 0.4) is 0 Å². The maximum absolute atomic E-state index is 10.6. The third-order valence-corrected chi connectivity index (χ3v) is 2.48. The van der Waals surface area contributed by atoms with Gasteiger partial charge in [-0.1, -0.05) is 0 Å². The van der Waals surface area contributed by atoms with Crippen LogP contribution in [0.25, 0.3) is 0 Å². The number of carbonyl (C=O) groups is 1. The van der Waals surface area contributed by atoms with Gasteiger partial charge in [0.05, 0.1) is 24.9 Å². The first-order valence-electron chi connectivity index (χ1n) is 4.79. The van der Waals surface area contributed by atoms with Crippen LogP contribution < -0.4 is 14.9 Å². The highest BCUT2D eigenvalue weighted by Crippen LogP contribution is 2.35. The summed E-state index contributed by atoms with van der Waals surface area (Å²) in [6, 6.07) is 3.57. The summed E-state index contributed by atoms with van der Waals surface area (Å²) in [4.78, 5) is 10.6. The fraction of sp³-hybridized carbons (Fsp3) is 0.273. The van der Waals surface area contributed by atoms with Gasteiger partial charge in [-0.05, 0) is 33.6 Å². The van der Waals surface area contributed by atoms with Gasteiger partial charge in [0.1, 0.15) is 0 Å². The van der Waals surface area contributed by atoms with Gasteiger partial charge < -0.3 is 9.47 Å². The predicted octanol–water partition coefficient (Wildman–Crippen LogP) is 1.94. The second kappa shape index (κ2) is 6.24. The molecule has 92 valence electrons. The van der Waals surface area contributed by atoms with Gasteiger partial charge in [0.25, 0.3) is 0 Å². The lowest BCUT2D eigenvalue weighted by Crippen LogP contribution is -2.12. The van der Waals surface area contributed by atoms with Crippen molar-refractivity contribution >= 4 is 28.1 Å². The van der Waals surface area contributed by atoms with Crippen molar-refractivity contribution in [1.29, 1.82) is 0 Å². The van der Waals surface area contributed by atoms with E-state index in [2.05, 4.69) is 26.5 Å². The minimum absolute atomic E-state index is 0.221. The number of rotatable bonds is 4. The molecule has 0 bridgehead atoms. The van der Waals surface area contributed by atoms with Crippen LogP contribution in [0.4, 0.5) is 0 Å². The van der Waals surface area contributed by atoms with Crippen molar-refractivity contribution in [3.05, 3.63) is 22.2 Å². The minimum atomic E-state index is -0.221. The highest BCUT2D eigenvalue weighted by atomic mass is 79.9. The number of methoxy groups -OCH3 is 2. The molecule has 0 aliphatic carbocycles. The number of nitrogens with one attached hydrogen (secondary N) is 1. The van der Waals surface area contributed by atoms with Crippen LogP contribution in [-0.4, -0.2) is 26.3 Å². The van der Waals surface area contributed by atoms with Gasteiger partial charge in [-0.2, -0.15) is 5.10 Å². The number of carbonyl (C=O) groups excluding carboxylic acids is 1. The highest BCUT2D eigenvalue weighted by Gasteiger charge is 2.09. The molecule has 0 spiro atoms. The first kappa shape index (κ1) is 13.5. The molecule has 5 nitrogen and oxygen atoms in total. The van der Waals surface area contributed by atoms with Gasteiger partial charge in [-0.25, -0.2) is 5.43 Å². The smallest absolute Gasteiger partial charge is 0.236 e. The molecular formula is C11H13BrN2O3. The molecule has 0 heterocycles. The van der Waals surface area contributed by atoms with Crippen LogP contribution in [0.1, 0.15) is 12.5 Å². The molecule has 0 aliphatic heterocycles. The van der Waals surface area contributed by atoms with E-state index >= 15 is 0 Å². The van der Waals surface area contributed by atoms with E-state index in [0.717, 1.165) is 10.0 Å². The molecule has 6 heteroatoms. The number of hydrogen-bond donors (Lipinski definition) is 1. The van der Waals surface area contributed by atoms with Gasteiger partial charge in [0.15, 0.2) is 11.5 Å². The topological polar surface area (TPSA) is 59.9 Å². The van der Waals surface area contributed by atoms with Gasteiger partial charge in [-0.3, -0.25) is 4.79 Å². The van der Waals surface area contributed by atoms with Crippen molar-refractivity contribution in [2.75, 3.05) is 14.2 Å². The predicted molar refractivity (Wildman–Crippen MR) is 68.7 cm³/mol. The SMILES string of the molecule is COc1cc(/C=N\NC(C)=O)cc(Br)c1OC. The Kier molecular flexibility index (Phi) is 4.96. The lowest BCUT2D eigenvalue weighted by molar-refractivity contribution is -0.118. The van der Waals surface area contributed by atoms with Crippen LogP contribution in [0.15, 0.2) is 21.7 Å². The summed E-state index contributed by atoms with van der Waals surface area (Å²) in [6.45, 7) is 1.39. The van der Waals surface area contributed by atoms with E-state index in [-0.39, 0.29) is 5.91 Å². The lowest BCUT2D eigenvalue weighted by atomic mass is 10.2.